The number of nitrogens with zero attached hydrogens (tertiary/aromatic N) is 1. The predicted octanol–water partition coefficient (Wildman–Crippen LogP) is 7.83. The summed E-state index contributed by atoms with van der Waals surface area (Å²) in [5.41, 5.74) is 7.08. The maximum atomic E-state index is 12.4. The van der Waals surface area contributed by atoms with Crippen LogP contribution in [0, 0.1) is 0 Å². The van der Waals surface area contributed by atoms with E-state index in [2.05, 4.69) is 21.7 Å². The molecule has 1 unspecified atom stereocenters. The number of anilines is 1. The number of thiophene rings is 2. The zero-order chi connectivity index (χ0) is 21.4. The summed E-state index contributed by atoms with van der Waals surface area (Å²) in [7, 11) is 0. The van der Waals surface area contributed by atoms with Crippen LogP contribution in [-0.4, -0.2) is 16.9 Å². The molecule has 1 fully saturated rings. The highest BCUT2D eigenvalue weighted by atomic mass is 35.5. The van der Waals surface area contributed by atoms with Crippen molar-refractivity contribution in [3.05, 3.63) is 44.0 Å². The van der Waals surface area contributed by atoms with Gasteiger partial charge in [0.1, 0.15) is 10.7 Å². The largest absolute Gasteiger partial charge is 0.379 e. The Morgan fingerprint density at radius 3 is 2.66 bits per heavy atom. The number of halogens is 4. The van der Waals surface area contributed by atoms with E-state index < -0.39 is 5.92 Å². The summed E-state index contributed by atoms with van der Waals surface area (Å²) < 4.78 is 25.8. The van der Waals surface area contributed by atoms with Crippen LogP contribution in [-0.2, 0) is 6.54 Å². The Morgan fingerprint density at radius 1 is 1.31 bits per heavy atom. The standard InChI is InChI=1S/C12H8Cl2N2S2.C6H11F2N.C2H6/c13-8-6-18-12-9(4-10(14)16-11(8)12)15-5-7-2-1-3-17-7;7-6(8)3-1-2-5(9)4-6;1-2/h1-4,6H,5H2,(H,15,16);5H,1-4,9H2;1-2H3. The van der Waals surface area contributed by atoms with Gasteiger partial charge in [0.25, 0.3) is 0 Å². The average molecular weight is 480 g/mol. The minimum atomic E-state index is -2.47. The predicted molar refractivity (Wildman–Crippen MR) is 124 cm³/mol. The summed E-state index contributed by atoms with van der Waals surface area (Å²) in [5, 5.41) is 8.43. The van der Waals surface area contributed by atoms with Crippen molar-refractivity contribution in [2.24, 2.45) is 5.73 Å². The van der Waals surface area contributed by atoms with Crippen molar-refractivity contribution in [1.29, 1.82) is 0 Å². The molecule has 1 aliphatic rings. The monoisotopic (exact) mass is 479 g/mol. The van der Waals surface area contributed by atoms with Gasteiger partial charge in [-0.1, -0.05) is 43.1 Å². The van der Waals surface area contributed by atoms with Gasteiger partial charge in [-0.25, -0.2) is 13.8 Å². The Morgan fingerprint density at radius 2 is 2.07 bits per heavy atom. The highest BCUT2D eigenvalue weighted by Gasteiger charge is 2.34. The van der Waals surface area contributed by atoms with Crippen molar-refractivity contribution in [2.45, 2.75) is 58.0 Å². The van der Waals surface area contributed by atoms with Crippen LogP contribution in [0.2, 0.25) is 10.2 Å². The summed E-state index contributed by atoms with van der Waals surface area (Å²) in [6, 6.07) is 5.70. The minimum Gasteiger partial charge on any atom is -0.379 e. The molecular weight excluding hydrogens is 455 g/mol. The SMILES string of the molecule is CC.Clc1cc(NCc2cccs2)c2scc(Cl)c2n1.NC1CCCC(F)(F)C1. The van der Waals surface area contributed by atoms with E-state index in [1.165, 1.54) is 4.88 Å². The van der Waals surface area contributed by atoms with Crippen LogP contribution in [0.4, 0.5) is 14.5 Å². The van der Waals surface area contributed by atoms with E-state index in [-0.39, 0.29) is 18.9 Å². The number of hydrogen-bond donors (Lipinski definition) is 2. The van der Waals surface area contributed by atoms with Crippen LogP contribution in [0.15, 0.2) is 29.0 Å². The molecule has 0 spiro atoms. The van der Waals surface area contributed by atoms with Gasteiger partial charge in [-0.15, -0.1) is 22.7 Å². The zero-order valence-electron chi connectivity index (χ0n) is 16.4. The lowest BCUT2D eigenvalue weighted by Gasteiger charge is -2.25. The fourth-order valence-corrected chi connectivity index (χ4v) is 4.91. The smallest absolute Gasteiger partial charge is 0.249 e. The van der Waals surface area contributed by atoms with Gasteiger partial charge in [-0.3, -0.25) is 0 Å². The van der Waals surface area contributed by atoms with E-state index in [0.29, 0.717) is 16.6 Å². The Kier molecular flexibility index (Phi) is 9.56. The molecule has 1 saturated carbocycles. The van der Waals surface area contributed by atoms with E-state index in [1.54, 1.807) is 22.7 Å². The fourth-order valence-electron chi connectivity index (χ4n) is 2.89. The van der Waals surface area contributed by atoms with Crippen LogP contribution < -0.4 is 11.1 Å². The zero-order valence-corrected chi connectivity index (χ0v) is 19.5. The van der Waals surface area contributed by atoms with E-state index in [9.17, 15) is 8.78 Å². The lowest BCUT2D eigenvalue weighted by Crippen LogP contribution is -2.34. The molecule has 1 atom stereocenters. The van der Waals surface area contributed by atoms with Crippen LogP contribution in [0.5, 0.6) is 0 Å². The van der Waals surface area contributed by atoms with E-state index in [0.717, 1.165) is 28.9 Å². The van der Waals surface area contributed by atoms with Crippen LogP contribution in [0.1, 0.15) is 44.4 Å². The quantitative estimate of drug-likeness (QED) is 0.376. The first-order valence-electron chi connectivity index (χ1n) is 9.47. The second kappa shape index (κ2) is 11.4. The first-order chi connectivity index (χ1) is 13.8. The summed E-state index contributed by atoms with van der Waals surface area (Å²) in [4.78, 5) is 5.52. The number of rotatable bonds is 3. The van der Waals surface area contributed by atoms with Gasteiger partial charge in [0, 0.05) is 41.8 Å². The molecule has 3 heterocycles. The van der Waals surface area contributed by atoms with E-state index >= 15 is 0 Å². The topological polar surface area (TPSA) is 50.9 Å². The van der Waals surface area contributed by atoms with Crippen molar-refractivity contribution < 1.29 is 8.78 Å². The maximum absolute atomic E-state index is 12.4. The summed E-state index contributed by atoms with van der Waals surface area (Å²) in [6.45, 7) is 4.78. The summed E-state index contributed by atoms with van der Waals surface area (Å²) in [5.74, 6) is -2.47. The molecule has 0 aliphatic heterocycles. The third-order valence-electron chi connectivity index (χ3n) is 4.16. The van der Waals surface area contributed by atoms with Crippen LogP contribution in [0.25, 0.3) is 10.2 Å². The van der Waals surface area contributed by atoms with Gasteiger partial charge in [0.15, 0.2) is 0 Å². The number of fused-ring (bicyclic) bond motifs is 1. The number of nitrogens with one attached hydrogen (secondary N) is 1. The molecule has 29 heavy (non-hydrogen) atoms. The van der Waals surface area contributed by atoms with E-state index in [1.807, 2.05) is 31.4 Å². The van der Waals surface area contributed by atoms with Gasteiger partial charge < -0.3 is 11.1 Å². The molecule has 0 aromatic carbocycles. The molecule has 9 heteroatoms. The molecule has 3 aromatic heterocycles. The Balaban J connectivity index is 0.000000231. The molecule has 3 N–H and O–H groups in total. The lowest BCUT2D eigenvalue weighted by molar-refractivity contribution is -0.0395. The van der Waals surface area contributed by atoms with Crippen LogP contribution in [0.3, 0.4) is 0 Å². The number of alkyl halides is 2. The second-order valence-corrected chi connectivity index (χ2v) is 9.11. The van der Waals surface area contributed by atoms with Gasteiger partial charge in [-0.05, 0) is 24.3 Å². The van der Waals surface area contributed by atoms with Crippen molar-refractivity contribution in [3.8, 4) is 0 Å². The Bertz CT molecular complexity index is 885. The number of nitrogens with two attached hydrogens (primary N) is 1. The van der Waals surface area contributed by atoms with Crippen molar-refractivity contribution in [3.63, 3.8) is 0 Å². The van der Waals surface area contributed by atoms with Gasteiger partial charge in [0.05, 0.1) is 15.4 Å². The second-order valence-electron chi connectivity index (χ2n) is 6.40. The summed E-state index contributed by atoms with van der Waals surface area (Å²) in [6.07, 6.45) is 1.25. The molecule has 1 aliphatic carbocycles. The van der Waals surface area contributed by atoms with Crippen molar-refractivity contribution in [2.75, 3.05) is 5.32 Å². The Hall–Kier alpha value is -0.990. The highest BCUT2D eigenvalue weighted by molar-refractivity contribution is 7.18. The normalized spacial score (nSPS) is 17.7. The first-order valence-corrected chi connectivity index (χ1v) is 12.0. The lowest BCUT2D eigenvalue weighted by atomic mass is 9.93. The number of hydrogen-bond acceptors (Lipinski definition) is 5. The van der Waals surface area contributed by atoms with E-state index in [4.69, 9.17) is 28.9 Å². The number of aromatic nitrogens is 1. The molecule has 0 amide bonds. The molecule has 0 saturated heterocycles. The highest BCUT2D eigenvalue weighted by Crippen LogP contribution is 2.35. The Labute approximate surface area is 188 Å². The van der Waals surface area contributed by atoms with Gasteiger partial charge in [0.2, 0.25) is 5.92 Å². The third kappa shape index (κ3) is 7.33. The summed E-state index contributed by atoms with van der Waals surface area (Å²) >= 11 is 15.4. The molecule has 0 bridgehead atoms. The molecule has 3 nitrogen and oxygen atoms in total. The average Bonchev–Trinajstić information content (AvgIpc) is 3.31. The minimum absolute atomic E-state index is 0.0285. The molecule has 0 radical (unpaired) electrons. The van der Waals surface area contributed by atoms with Crippen molar-refractivity contribution >= 4 is 61.8 Å². The molecule has 3 aromatic rings. The van der Waals surface area contributed by atoms with Crippen molar-refractivity contribution in [1.82, 2.24) is 4.98 Å². The molecule has 4 rings (SSSR count). The van der Waals surface area contributed by atoms with Gasteiger partial charge in [-0.2, -0.15) is 0 Å². The third-order valence-corrected chi connectivity index (χ3v) is 6.65. The molecular formula is C20H25Cl2F2N3S2. The molecule has 160 valence electrons. The fraction of sp³-hybridized carbons (Fsp3) is 0.450. The first kappa shape index (κ1) is 24.3. The van der Waals surface area contributed by atoms with Gasteiger partial charge >= 0.3 is 0 Å². The number of pyridine rings is 1. The maximum Gasteiger partial charge on any atom is 0.249 e. The van der Waals surface area contributed by atoms with Crippen LogP contribution >= 0.6 is 45.9 Å².